The van der Waals surface area contributed by atoms with Gasteiger partial charge < -0.3 is 20.9 Å². The molecule has 0 unspecified atom stereocenters. The molecule has 6 heteroatoms. The highest BCUT2D eigenvalue weighted by molar-refractivity contribution is 6.09. The average molecular weight is 367 g/mol. The number of likely N-dealkylation sites (tertiary alicyclic amines) is 1. The van der Waals surface area contributed by atoms with Crippen molar-refractivity contribution in [3.63, 3.8) is 0 Å². The van der Waals surface area contributed by atoms with E-state index in [9.17, 15) is 0 Å². The standard InChI is InChI=1S/C21H30N6/c1-23-13-19(12-22)16-4-5-17-14-24-21(11-18(17)10-16)25-15-27(3)20-6-8-26(2)9-7-20/h4-5,10-14,20,22-23H,6-9,15H2,1-3H3,(H,24,25)/b19-13+,22-12?. The van der Waals surface area contributed by atoms with Crippen molar-refractivity contribution in [3.8, 4) is 0 Å². The molecule has 0 saturated carbocycles. The van der Waals surface area contributed by atoms with Gasteiger partial charge in [0.1, 0.15) is 5.82 Å². The minimum Gasteiger partial charge on any atom is -0.393 e. The highest BCUT2D eigenvalue weighted by Crippen LogP contribution is 2.22. The summed E-state index contributed by atoms with van der Waals surface area (Å²) in [5, 5.41) is 16.3. The van der Waals surface area contributed by atoms with Crippen LogP contribution in [0.25, 0.3) is 16.3 Å². The SMILES string of the molecule is CN/C=C(\C=N)c1ccc2cnc(NCN(C)C3CCN(C)CC3)cc2c1. The fraction of sp³-hybridized carbons (Fsp3) is 0.429. The summed E-state index contributed by atoms with van der Waals surface area (Å²) in [6, 6.07) is 8.90. The second-order valence-corrected chi connectivity index (χ2v) is 7.29. The zero-order valence-electron chi connectivity index (χ0n) is 16.5. The number of nitrogens with one attached hydrogen (secondary N) is 3. The smallest absolute Gasteiger partial charge is 0.127 e. The minimum absolute atomic E-state index is 0.627. The van der Waals surface area contributed by atoms with E-state index in [1.807, 2.05) is 25.5 Å². The lowest BCUT2D eigenvalue weighted by Crippen LogP contribution is -2.43. The van der Waals surface area contributed by atoms with E-state index in [0.29, 0.717) is 6.04 Å². The number of nitrogens with zero attached hydrogens (tertiary/aromatic N) is 3. The van der Waals surface area contributed by atoms with Crippen LogP contribution in [0.3, 0.4) is 0 Å². The molecule has 6 nitrogen and oxygen atoms in total. The van der Waals surface area contributed by atoms with E-state index in [2.05, 4.69) is 57.7 Å². The van der Waals surface area contributed by atoms with Crippen molar-refractivity contribution in [2.75, 3.05) is 46.2 Å². The van der Waals surface area contributed by atoms with E-state index in [-0.39, 0.29) is 0 Å². The molecule has 1 aliphatic heterocycles. The molecule has 0 amide bonds. The van der Waals surface area contributed by atoms with Gasteiger partial charge in [0.15, 0.2) is 0 Å². The van der Waals surface area contributed by atoms with Gasteiger partial charge in [0.2, 0.25) is 0 Å². The van der Waals surface area contributed by atoms with Crippen molar-refractivity contribution >= 4 is 28.4 Å². The van der Waals surface area contributed by atoms with Crippen LogP contribution in [-0.4, -0.2) is 67.9 Å². The molecule has 1 aromatic carbocycles. The first-order valence-corrected chi connectivity index (χ1v) is 9.51. The van der Waals surface area contributed by atoms with Gasteiger partial charge in [-0.05, 0) is 63.1 Å². The first-order valence-electron chi connectivity index (χ1n) is 9.51. The van der Waals surface area contributed by atoms with Gasteiger partial charge in [0.25, 0.3) is 0 Å². The monoisotopic (exact) mass is 366 g/mol. The average Bonchev–Trinajstić information content (AvgIpc) is 2.70. The van der Waals surface area contributed by atoms with Crippen molar-refractivity contribution < 1.29 is 0 Å². The molecule has 0 aliphatic carbocycles. The largest absolute Gasteiger partial charge is 0.393 e. The third-order valence-corrected chi connectivity index (χ3v) is 5.33. The Bertz CT molecular complexity index is 807. The van der Waals surface area contributed by atoms with Crippen LogP contribution in [0.4, 0.5) is 5.82 Å². The molecule has 2 heterocycles. The Balaban J connectivity index is 1.69. The molecule has 144 valence electrons. The maximum atomic E-state index is 7.61. The molecule has 1 fully saturated rings. The van der Waals surface area contributed by atoms with Crippen molar-refractivity contribution in [1.82, 2.24) is 20.1 Å². The van der Waals surface area contributed by atoms with Crippen LogP contribution >= 0.6 is 0 Å². The summed E-state index contributed by atoms with van der Waals surface area (Å²) in [4.78, 5) is 9.33. The van der Waals surface area contributed by atoms with Gasteiger partial charge in [-0.3, -0.25) is 4.90 Å². The van der Waals surface area contributed by atoms with Crippen molar-refractivity contribution in [3.05, 3.63) is 42.2 Å². The summed E-state index contributed by atoms with van der Waals surface area (Å²) in [5.41, 5.74) is 1.88. The molecule has 2 aromatic rings. The molecule has 0 radical (unpaired) electrons. The number of piperidine rings is 1. The molecule has 1 aromatic heterocycles. The van der Waals surface area contributed by atoms with Gasteiger partial charge in [-0.15, -0.1) is 0 Å². The molecule has 0 bridgehead atoms. The summed E-state index contributed by atoms with van der Waals surface area (Å²) >= 11 is 0. The fourth-order valence-electron chi connectivity index (χ4n) is 3.55. The maximum Gasteiger partial charge on any atom is 0.127 e. The van der Waals surface area contributed by atoms with Crippen molar-refractivity contribution in [2.45, 2.75) is 18.9 Å². The van der Waals surface area contributed by atoms with Crippen LogP contribution in [0, 0.1) is 5.41 Å². The van der Waals surface area contributed by atoms with Gasteiger partial charge >= 0.3 is 0 Å². The first kappa shape index (κ1) is 19.3. The number of aromatic nitrogens is 1. The molecular formula is C21H30N6. The van der Waals surface area contributed by atoms with Gasteiger partial charge in [-0.25, -0.2) is 4.98 Å². The van der Waals surface area contributed by atoms with E-state index in [1.54, 1.807) is 0 Å². The Morgan fingerprint density at radius 2 is 2.07 bits per heavy atom. The minimum atomic E-state index is 0.627. The van der Waals surface area contributed by atoms with Crippen LogP contribution in [0.2, 0.25) is 0 Å². The topological polar surface area (TPSA) is 67.3 Å². The normalized spacial score (nSPS) is 16.7. The van der Waals surface area contributed by atoms with E-state index in [0.717, 1.165) is 34.4 Å². The van der Waals surface area contributed by atoms with Crippen LogP contribution in [0.1, 0.15) is 18.4 Å². The number of benzene rings is 1. The number of hydrogen-bond acceptors (Lipinski definition) is 6. The number of anilines is 1. The molecule has 3 N–H and O–H groups in total. The molecule has 3 rings (SSSR count). The number of rotatable bonds is 7. The lowest BCUT2D eigenvalue weighted by molar-refractivity contribution is 0.151. The van der Waals surface area contributed by atoms with Gasteiger partial charge in [0.05, 0.1) is 6.67 Å². The first-order chi connectivity index (χ1) is 13.1. The summed E-state index contributed by atoms with van der Waals surface area (Å²) in [6.07, 6.45) is 7.54. The van der Waals surface area contributed by atoms with Crippen molar-refractivity contribution in [1.29, 1.82) is 5.41 Å². The predicted molar refractivity (Wildman–Crippen MR) is 114 cm³/mol. The summed E-state index contributed by atoms with van der Waals surface area (Å²) in [7, 11) is 6.22. The van der Waals surface area contributed by atoms with Crippen LogP contribution in [-0.2, 0) is 0 Å². The van der Waals surface area contributed by atoms with Crippen LogP contribution < -0.4 is 10.6 Å². The number of allylic oxidation sites excluding steroid dienone is 1. The molecule has 27 heavy (non-hydrogen) atoms. The Morgan fingerprint density at radius 1 is 1.30 bits per heavy atom. The molecule has 0 spiro atoms. The summed E-state index contributed by atoms with van der Waals surface area (Å²) in [5.74, 6) is 0.883. The van der Waals surface area contributed by atoms with E-state index >= 15 is 0 Å². The van der Waals surface area contributed by atoms with E-state index in [1.165, 1.54) is 32.1 Å². The molecule has 1 saturated heterocycles. The molecule has 1 aliphatic rings. The number of fused-ring (bicyclic) bond motifs is 1. The van der Waals surface area contributed by atoms with Gasteiger partial charge in [-0.1, -0.05) is 12.1 Å². The second kappa shape index (κ2) is 8.97. The highest BCUT2D eigenvalue weighted by Gasteiger charge is 2.20. The maximum absolute atomic E-state index is 7.61. The van der Waals surface area contributed by atoms with Crippen molar-refractivity contribution in [2.24, 2.45) is 0 Å². The fourth-order valence-corrected chi connectivity index (χ4v) is 3.55. The lowest BCUT2D eigenvalue weighted by atomic mass is 10.0. The molecular weight excluding hydrogens is 336 g/mol. The Hall–Kier alpha value is -2.44. The lowest BCUT2D eigenvalue weighted by Gasteiger charge is -2.35. The van der Waals surface area contributed by atoms with Gasteiger partial charge in [0, 0.05) is 42.7 Å². The Morgan fingerprint density at radius 3 is 2.78 bits per heavy atom. The summed E-state index contributed by atoms with van der Waals surface area (Å²) in [6.45, 7) is 3.13. The predicted octanol–water partition coefficient (Wildman–Crippen LogP) is 2.84. The Labute approximate surface area is 161 Å². The number of hydrogen-bond donors (Lipinski definition) is 3. The third kappa shape index (κ3) is 4.84. The van der Waals surface area contributed by atoms with Gasteiger partial charge in [-0.2, -0.15) is 0 Å². The third-order valence-electron chi connectivity index (χ3n) is 5.33. The summed E-state index contributed by atoms with van der Waals surface area (Å²) < 4.78 is 0. The van der Waals surface area contributed by atoms with E-state index in [4.69, 9.17) is 5.41 Å². The van der Waals surface area contributed by atoms with Crippen LogP contribution in [0.5, 0.6) is 0 Å². The van der Waals surface area contributed by atoms with Crippen LogP contribution in [0.15, 0.2) is 36.7 Å². The molecule has 0 atom stereocenters. The Kier molecular flexibility index (Phi) is 6.42. The highest BCUT2D eigenvalue weighted by atomic mass is 15.2. The zero-order chi connectivity index (χ0) is 19.2. The zero-order valence-corrected chi connectivity index (χ0v) is 16.5. The quantitative estimate of drug-likeness (QED) is 0.519. The second-order valence-electron chi connectivity index (χ2n) is 7.29. The van der Waals surface area contributed by atoms with E-state index < -0.39 is 0 Å². The number of pyridine rings is 1.